The molecule has 2 nitrogen and oxygen atoms in total. The third-order valence-corrected chi connectivity index (χ3v) is 4.48. The summed E-state index contributed by atoms with van der Waals surface area (Å²) in [6.45, 7) is 0. The summed E-state index contributed by atoms with van der Waals surface area (Å²) in [6.07, 6.45) is 2.06. The van der Waals surface area contributed by atoms with Crippen LogP contribution in [0.3, 0.4) is 0 Å². The molecule has 0 unspecified atom stereocenters. The van der Waals surface area contributed by atoms with Crippen molar-refractivity contribution in [3.05, 3.63) is 65.7 Å². The Hall–Kier alpha value is -1.97. The van der Waals surface area contributed by atoms with Gasteiger partial charge in [-0.2, -0.15) is 0 Å². The summed E-state index contributed by atoms with van der Waals surface area (Å²) in [5.74, 6) is 0.815. The van der Waals surface area contributed by atoms with E-state index >= 15 is 0 Å². The normalized spacial score (nSPS) is 10.6. The molecule has 0 amide bonds. The fraction of sp³-hybridized carbons (Fsp3) is 0.105. The quantitative estimate of drug-likeness (QED) is 0.560. The van der Waals surface area contributed by atoms with Crippen molar-refractivity contribution in [1.82, 2.24) is 4.98 Å². The molecule has 0 aliphatic heterocycles. The molecule has 2 aromatic carbocycles. The van der Waals surface area contributed by atoms with Crippen molar-refractivity contribution in [1.29, 1.82) is 0 Å². The fourth-order valence-electron chi connectivity index (χ4n) is 2.41. The van der Waals surface area contributed by atoms with E-state index in [1.807, 2.05) is 48.5 Å². The van der Waals surface area contributed by atoms with Crippen molar-refractivity contribution in [3.63, 3.8) is 0 Å². The number of benzene rings is 2. The minimum Gasteiger partial charge on any atom is -0.496 e. The lowest BCUT2D eigenvalue weighted by Gasteiger charge is -2.11. The molecule has 0 radical (unpaired) electrons. The van der Waals surface area contributed by atoms with Gasteiger partial charge in [-0.05, 0) is 42.7 Å². The summed E-state index contributed by atoms with van der Waals surface area (Å²) < 4.78 is 5.47. The molecule has 0 saturated heterocycles. The molecule has 3 rings (SSSR count). The van der Waals surface area contributed by atoms with E-state index in [1.165, 1.54) is 0 Å². The maximum Gasteiger partial charge on any atom is 0.128 e. The standard InChI is InChI=1S/C19H16ClNOS/c1-22-19-9-4-3-8-16(19)18-12-15(23-2)11-17(21-18)13-6-5-7-14(20)10-13/h3-12H,1-2H3. The summed E-state index contributed by atoms with van der Waals surface area (Å²) in [6, 6.07) is 19.8. The predicted molar refractivity (Wildman–Crippen MR) is 98.5 cm³/mol. The number of methoxy groups -OCH3 is 1. The van der Waals surface area contributed by atoms with E-state index in [9.17, 15) is 0 Å². The molecule has 23 heavy (non-hydrogen) atoms. The molecule has 1 heterocycles. The first-order valence-corrected chi connectivity index (χ1v) is 8.77. The van der Waals surface area contributed by atoms with E-state index in [0.29, 0.717) is 5.02 Å². The Kier molecular flexibility index (Phi) is 4.89. The highest BCUT2D eigenvalue weighted by Gasteiger charge is 2.10. The summed E-state index contributed by atoms with van der Waals surface area (Å²) in [5.41, 5.74) is 3.78. The minimum atomic E-state index is 0.706. The van der Waals surface area contributed by atoms with Gasteiger partial charge >= 0.3 is 0 Å². The van der Waals surface area contributed by atoms with Crippen LogP contribution in [0.1, 0.15) is 0 Å². The van der Waals surface area contributed by atoms with Crippen LogP contribution in [-0.2, 0) is 0 Å². The molecule has 0 fully saturated rings. The second-order valence-corrected chi connectivity index (χ2v) is 6.30. The molecule has 0 aliphatic carbocycles. The maximum atomic E-state index is 6.12. The molecule has 0 saturated carbocycles. The number of thioether (sulfide) groups is 1. The molecule has 3 aromatic rings. The minimum absolute atomic E-state index is 0.706. The third kappa shape index (κ3) is 3.52. The Morgan fingerprint density at radius 2 is 1.74 bits per heavy atom. The zero-order chi connectivity index (χ0) is 16.2. The van der Waals surface area contributed by atoms with E-state index in [4.69, 9.17) is 21.3 Å². The predicted octanol–water partition coefficient (Wildman–Crippen LogP) is 5.80. The van der Waals surface area contributed by atoms with Gasteiger partial charge in [0, 0.05) is 21.0 Å². The van der Waals surface area contributed by atoms with Gasteiger partial charge < -0.3 is 4.74 Å². The molecule has 116 valence electrons. The van der Waals surface area contributed by atoms with Gasteiger partial charge in [-0.15, -0.1) is 11.8 Å². The van der Waals surface area contributed by atoms with Crippen LogP contribution in [0.5, 0.6) is 5.75 Å². The Balaban J connectivity index is 2.17. The van der Waals surface area contributed by atoms with Gasteiger partial charge in [0.15, 0.2) is 0 Å². The highest BCUT2D eigenvalue weighted by Crippen LogP contribution is 2.33. The zero-order valence-corrected chi connectivity index (χ0v) is 14.5. The highest BCUT2D eigenvalue weighted by molar-refractivity contribution is 7.98. The Morgan fingerprint density at radius 3 is 2.48 bits per heavy atom. The molecule has 0 bridgehead atoms. The highest BCUT2D eigenvalue weighted by atomic mass is 35.5. The van der Waals surface area contributed by atoms with Gasteiger partial charge in [0.05, 0.1) is 18.5 Å². The van der Waals surface area contributed by atoms with Crippen molar-refractivity contribution in [3.8, 4) is 28.3 Å². The van der Waals surface area contributed by atoms with E-state index in [0.717, 1.165) is 33.2 Å². The summed E-state index contributed by atoms with van der Waals surface area (Å²) >= 11 is 7.81. The molecular formula is C19H16ClNOS. The van der Waals surface area contributed by atoms with E-state index < -0.39 is 0 Å². The molecule has 0 atom stereocenters. The van der Waals surface area contributed by atoms with Crippen LogP contribution >= 0.6 is 23.4 Å². The zero-order valence-electron chi connectivity index (χ0n) is 12.9. The summed E-state index contributed by atoms with van der Waals surface area (Å²) in [4.78, 5) is 5.97. The van der Waals surface area contributed by atoms with Crippen LogP contribution < -0.4 is 4.74 Å². The lowest BCUT2D eigenvalue weighted by atomic mass is 10.1. The van der Waals surface area contributed by atoms with Gasteiger partial charge in [0.1, 0.15) is 5.75 Å². The number of ether oxygens (including phenoxy) is 1. The van der Waals surface area contributed by atoms with Crippen molar-refractivity contribution in [2.75, 3.05) is 13.4 Å². The molecule has 0 spiro atoms. The van der Waals surface area contributed by atoms with Crippen LogP contribution in [-0.4, -0.2) is 18.3 Å². The van der Waals surface area contributed by atoms with Crippen LogP contribution in [0.15, 0.2) is 65.6 Å². The number of halogens is 1. The van der Waals surface area contributed by atoms with Gasteiger partial charge in [0.2, 0.25) is 0 Å². The van der Waals surface area contributed by atoms with Crippen molar-refractivity contribution < 1.29 is 4.74 Å². The van der Waals surface area contributed by atoms with Gasteiger partial charge in [-0.1, -0.05) is 35.9 Å². The summed E-state index contributed by atoms with van der Waals surface area (Å²) in [5, 5.41) is 0.706. The Bertz CT molecular complexity index is 835. The van der Waals surface area contributed by atoms with Crippen LogP contribution in [0.25, 0.3) is 22.5 Å². The number of hydrogen-bond acceptors (Lipinski definition) is 3. The first kappa shape index (κ1) is 15.9. The molecule has 4 heteroatoms. The fourth-order valence-corrected chi connectivity index (χ4v) is 3.06. The number of nitrogens with zero attached hydrogens (tertiary/aromatic N) is 1. The Morgan fingerprint density at radius 1 is 0.957 bits per heavy atom. The van der Waals surface area contributed by atoms with Gasteiger partial charge in [0.25, 0.3) is 0 Å². The molecule has 1 aromatic heterocycles. The van der Waals surface area contributed by atoms with Gasteiger partial charge in [-0.3, -0.25) is 0 Å². The number of rotatable bonds is 4. The number of hydrogen-bond donors (Lipinski definition) is 0. The molecule has 0 aliphatic rings. The van der Waals surface area contributed by atoms with Crippen molar-refractivity contribution >= 4 is 23.4 Å². The Labute approximate surface area is 145 Å². The smallest absolute Gasteiger partial charge is 0.128 e. The van der Waals surface area contributed by atoms with Gasteiger partial charge in [-0.25, -0.2) is 4.98 Å². The largest absolute Gasteiger partial charge is 0.496 e. The average molecular weight is 342 g/mol. The summed E-state index contributed by atoms with van der Waals surface area (Å²) in [7, 11) is 1.68. The third-order valence-electron chi connectivity index (χ3n) is 3.54. The average Bonchev–Trinajstić information content (AvgIpc) is 2.61. The van der Waals surface area contributed by atoms with Crippen LogP contribution in [0.4, 0.5) is 0 Å². The van der Waals surface area contributed by atoms with E-state index in [-0.39, 0.29) is 0 Å². The second kappa shape index (κ2) is 7.07. The first-order valence-electron chi connectivity index (χ1n) is 7.16. The lowest BCUT2D eigenvalue weighted by molar-refractivity contribution is 0.416. The van der Waals surface area contributed by atoms with Crippen LogP contribution in [0.2, 0.25) is 5.02 Å². The maximum absolute atomic E-state index is 6.12. The molecule has 0 N–H and O–H groups in total. The molecular weight excluding hydrogens is 326 g/mol. The van der Waals surface area contributed by atoms with Crippen LogP contribution in [0, 0.1) is 0 Å². The first-order chi connectivity index (χ1) is 11.2. The van der Waals surface area contributed by atoms with E-state index in [2.05, 4.69) is 18.4 Å². The monoisotopic (exact) mass is 341 g/mol. The number of para-hydroxylation sites is 1. The van der Waals surface area contributed by atoms with Crippen molar-refractivity contribution in [2.45, 2.75) is 4.90 Å². The number of pyridine rings is 1. The topological polar surface area (TPSA) is 22.1 Å². The lowest BCUT2D eigenvalue weighted by Crippen LogP contribution is -1.93. The second-order valence-electron chi connectivity index (χ2n) is 4.99. The van der Waals surface area contributed by atoms with E-state index in [1.54, 1.807) is 18.9 Å². The SMILES string of the molecule is COc1ccccc1-c1cc(SC)cc(-c2cccc(Cl)c2)n1. The van der Waals surface area contributed by atoms with Crippen molar-refractivity contribution in [2.24, 2.45) is 0 Å². The number of aromatic nitrogens is 1.